The molecule has 0 unspecified atom stereocenters. The van der Waals surface area contributed by atoms with Crippen molar-refractivity contribution in [3.63, 3.8) is 0 Å². The Bertz CT molecular complexity index is 644. The second-order valence-electron chi connectivity index (χ2n) is 8.70. The average Bonchev–Trinajstić information content (AvgIpc) is 2.59. The molecule has 5 nitrogen and oxygen atoms in total. The third-order valence-corrected chi connectivity index (χ3v) is 5.59. The number of hydrogen-bond donors (Lipinski definition) is 0. The third-order valence-electron chi connectivity index (χ3n) is 5.59. The highest BCUT2D eigenvalue weighted by molar-refractivity contribution is 5.97. The van der Waals surface area contributed by atoms with E-state index in [0.717, 1.165) is 39.3 Å². The standard InChI is InChI=1S/C21H33N3O2/c1-16(2)12-22-13-17-14-23(10-11-24(17)21(3,4)15-22)20(25)18-8-6-7-9-19(18)26-5/h6-9,16-17H,10-15H2,1-5H3/t17-/m1/s1. The van der Waals surface area contributed by atoms with Crippen LogP contribution >= 0.6 is 0 Å². The summed E-state index contributed by atoms with van der Waals surface area (Å²) in [6, 6.07) is 7.92. The van der Waals surface area contributed by atoms with Gasteiger partial charge in [-0.1, -0.05) is 26.0 Å². The quantitative estimate of drug-likeness (QED) is 0.828. The van der Waals surface area contributed by atoms with E-state index in [-0.39, 0.29) is 11.4 Å². The average molecular weight is 360 g/mol. The van der Waals surface area contributed by atoms with Gasteiger partial charge < -0.3 is 9.64 Å². The van der Waals surface area contributed by atoms with Crippen molar-refractivity contribution in [1.82, 2.24) is 14.7 Å². The number of carbonyl (C=O) groups excluding carboxylic acids is 1. The van der Waals surface area contributed by atoms with E-state index in [0.29, 0.717) is 23.3 Å². The van der Waals surface area contributed by atoms with Crippen LogP contribution in [-0.2, 0) is 0 Å². The molecule has 2 fully saturated rings. The van der Waals surface area contributed by atoms with Crippen molar-refractivity contribution in [2.75, 3.05) is 46.4 Å². The first-order valence-electron chi connectivity index (χ1n) is 9.73. The number of nitrogens with zero attached hydrogens (tertiary/aromatic N) is 3. The molecule has 144 valence electrons. The molecule has 0 spiro atoms. The van der Waals surface area contributed by atoms with E-state index in [1.165, 1.54) is 0 Å². The number of para-hydroxylation sites is 1. The van der Waals surface area contributed by atoms with Gasteiger partial charge in [-0.05, 0) is 31.9 Å². The van der Waals surface area contributed by atoms with Crippen molar-refractivity contribution in [3.8, 4) is 5.75 Å². The van der Waals surface area contributed by atoms with Gasteiger partial charge in [-0.3, -0.25) is 14.6 Å². The predicted octanol–water partition coefficient (Wildman–Crippen LogP) is 2.57. The number of hydrogen-bond acceptors (Lipinski definition) is 4. The Hall–Kier alpha value is -1.59. The van der Waals surface area contributed by atoms with Gasteiger partial charge in [0.1, 0.15) is 5.75 Å². The van der Waals surface area contributed by atoms with E-state index in [4.69, 9.17) is 4.74 Å². The number of fused-ring (bicyclic) bond motifs is 1. The first kappa shape index (κ1) is 19.2. The van der Waals surface area contributed by atoms with Crippen molar-refractivity contribution in [2.24, 2.45) is 5.92 Å². The molecule has 2 aliphatic rings. The van der Waals surface area contributed by atoms with Crippen molar-refractivity contribution in [2.45, 2.75) is 39.3 Å². The number of amides is 1. The van der Waals surface area contributed by atoms with E-state index in [1.54, 1.807) is 7.11 Å². The summed E-state index contributed by atoms with van der Waals surface area (Å²) in [5.41, 5.74) is 0.815. The molecule has 1 amide bonds. The molecular formula is C21H33N3O2. The second-order valence-corrected chi connectivity index (χ2v) is 8.70. The van der Waals surface area contributed by atoms with Crippen LogP contribution in [0.3, 0.4) is 0 Å². The van der Waals surface area contributed by atoms with Crippen LogP contribution in [-0.4, -0.2) is 78.6 Å². The van der Waals surface area contributed by atoms with Crippen LogP contribution < -0.4 is 4.74 Å². The van der Waals surface area contributed by atoms with Crippen molar-refractivity contribution in [1.29, 1.82) is 0 Å². The summed E-state index contributed by atoms with van der Waals surface area (Å²) in [6.07, 6.45) is 0. The fraction of sp³-hybridized carbons (Fsp3) is 0.667. The van der Waals surface area contributed by atoms with Crippen LogP contribution in [0.2, 0.25) is 0 Å². The molecule has 0 bridgehead atoms. The number of piperazine rings is 2. The molecule has 2 saturated heterocycles. The highest BCUT2D eigenvalue weighted by Gasteiger charge is 2.43. The summed E-state index contributed by atoms with van der Waals surface area (Å²) < 4.78 is 5.39. The molecule has 0 N–H and O–H groups in total. The third kappa shape index (κ3) is 3.89. The smallest absolute Gasteiger partial charge is 0.257 e. The van der Waals surface area contributed by atoms with E-state index < -0.39 is 0 Å². The largest absolute Gasteiger partial charge is 0.496 e. The molecule has 1 aromatic carbocycles. The lowest BCUT2D eigenvalue weighted by Gasteiger charge is -2.55. The minimum absolute atomic E-state index is 0.0842. The summed E-state index contributed by atoms with van der Waals surface area (Å²) in [6.45, 7) is 15.0. The zero-order valence-electron chi connectivity index (χ0n) is 16.9. The lowest BCUT2D eigenvalue weighted by Crippen LogP contribution is -2.70. The van der Waals surface area contributed by atoms with Crippen molar-refractivity contribution >= 4 is 5.91 Å². The van der Waals surface area contributed by atoms with Crippen LogP contribution in [0.1, 0.15) is 38.1 Å². The summed E-state index contributed by atoms with van der Waals surface area (Å²) in [5, 5.41) is 0. The van der Waals surface area contributed by atoms with Gasteiger partial charge in [0.15, 0.2) is 0 Å². The van der Waals surface area contributed by atoms with Gasteiger partial charge in [0.05, 0.1) is 12.7 Å². The lowest BCUT2D eigenvalue weighted by atomic mass is 9.92. The Morgan fingerprint density at radius 2 is 1.96 bits per heavy atom. The fourth-order valence-corrected chi connectivity index (χ4v) is 4.64. The van der Waals surface area contributed by atoms with Gasteiger partial charge in [0.25, 0.3) is 5.91 Å². The Labute approximate surface area is 157 Å². The fourth-order valence-electron chi connectivity index (χ4n) is 4.64. The van der Waals surface area contributed by atoms with E-state index in [2.05, 4.69) is 37.5 Å². The number of methoxy groups -OCH3 is 1. The van der Waals surface area contributed by atoms with Gasteiger partial charge in [-0.15, -0.1) is 0 Å². The minimum Gasteiger partial charge on any atom is -0.496 e. The molecule has 0 aromatic heterocycles. The molecule has 2 aliphatic heterocycles. The van der Waals surface area contributed by atoms with Crippen LogP contribution in [0.5, 0.6) is 5.75 Å². The summed E-state index contributed by atoms with van der Waals surface area (Å²) in [5.74, 6) is 1.40. The van der Waals surface area contributed by atoms with E-state index in [1.807, 2.05) is 29.2 Å². The topological polar surface area (TPSA) is 36.0 Å². The molecule has 0 radical (unpaired) electrons. The Balaban J connectivity index is 1.75. The zero-order chi connectivity index (χ0) is 18.9. The van der Waals surface area contributed by atoms with Gasteiger partial charge >= 0.3 is 0 Å². The maximum atomic E-state index is 13.1. The lowest BCUT2D eigenvalue weighted by molar-refractivity contribution is -0.0613. The number of ether oxygens (including phenoxy) is 1. The van der Waals surface area contributed by atoms with Crippen LogP contribution in [0.15, 0.2) is 24.3 Å². The van der Waals surface area contributed by atoms with Crippen LogP contribution in [0.4, 0.5) is 0 Å². The first-order chi connectivity index (χ1) is 12.3. The first-order valence-corrected chi connectivity index (χ1v) is 9.73. The van der Waals surface area contributed by atoms with E-state index >= 15 is 0 Å². The molecule has 26 heavy (non-hydrogen) atoms. The molecule has 1 atom stereocenters. The Morgan fingerprint density at radius 1 is 1.23 bits per heavy atom. The monoisotopic (exact) mass is 359 g/mol. The van der Waals surface area contributed by atoms with Gasteiger partial charge in [-0.25, -0.2) is 0 Å². The summed E-state index contributed by atoms with van der Waals surface area (Å²) >= 11 is 0. The Morgan fingerprint density at radius 3 is 2.65 bits per heavy atom. The second kappa shape index (κ2) is 7.57. The maximum absolute atomic E-state index is 13.1. The highest BCUT2D eigenvalue weighted by Crippen LogP contribution is 2.29. The van der Waals surface area contributed by atoms with Crippen molar-refractivity contribution in [3.05, 3.63) is 29.8 Å². The number of carbonyl (C=O) groups is 1. The molecular weight excluding hydrogens is 326 g/mol. The Kier molecular flexibility index (Phi) is 5.58. The molecule has 3 rings (SSSR count). The number of rotatable bonds is 4. The molecule has 1 aromatic rings. The number of benzene rings is 1. The molecule has 0 aliphatic carbocycles. The highest BCUT2D eigenvalue weighted by atomic mass is 16.5. The van der Waals surface area contributed by atoms with Gasteiger partial charge in [-0.2, -0.15) is 0 Å². The summed E-state index contributed by atoms with van der Waals surface area (Å²) in [7, 11) is 1.62. The normalized spacial score (nSPS) is 23.8. The van der Waals surface area contributed by atoms with Gasteiger partial charge in [0.2, 0.25) is 0 Å². The van der Waals surface area contributed by atoms with E-state index in [9.17, 15) is 4.79 Å². The van der Waals surface area contributed by atoms with Crippen LogP contribution in [0.25, 0.3) is 0 Å². The molecule has 5 heteroatoms. The molecule has 0 saturated carbocycles. The SMILES string of the molecule is COc1ccccc1C(=O)N1CCN2[C@H](CN(CC(C)C)CC2(C)C)C1. The summed E-state index contributed by atoms with van der Waals surface area (Å²) in [4.78, 5) is 20.3. The molecule has 2 heterocycles. The van der Waals surface area contributed by atoms with Gasteiger partial charge in [0, 0.05) is 50.8 Å². The maximum Gasteiger partial charge on any atom is 0.257 e. The zero-order valence-corrected chi connectivity index (χ0v) is 16.9. The minimum atomic E-state index is 0.0842. The predicted molar refractivity (Wildman–Crippen MR) is 105 cm³/mol. The van der Waals surface area contributed by atoms with Crippen LogP contribution in [0, 0.1) is 5.92 Å². The van der Waals surface area contributed by atoms with Crippen molar-refractivity contribution < 1.29 is 9.53 Å².